The standard InChI is InChI=1S/C68H61N7O10/c1-82-47-20-14-44(15-21-47)68(43-9-5-3-6-10-43,45-16-22-48(83-2)23-17-45)85-37-8-4-7-11-64(76)72-34-30-49-52-39-58(69-55(52)24-27-61(49)72)65(77)73-35-31-50-53-40-59(70-56(53)25-28-62(50)73)66(78)74-36-32-51-54-41-60(71-57(54)26-29-63(51)74)67(79)84-38-33-42-12-18-46(19-13-42)75(80)81/h3,5-6,9-10,12-29,39-41,69-71H,4,7-8,11,30-38H2,1-2H3. The van der Waals surface area contributed by atoms with Crippen LogP contribution in [0, 0.1) is 10.1 Å². The van der Waals surface area contributed by atoms with Gasteiger partial charge in [-0.2, -0.15) is 0 Å². The molecule has 7 aromatic carbocycles. The zero-order valence-electron chi connectivity index (χ0n) is 47.1. The minimum absolute atomic E-state index is 0.00175. The number of nitro benzene ring substituents is 1. The molecule has 3 N–H and O–H groups in total. The maximum absolute atomic E-state index is 14.5. The third-order valence-electron chi connectivity index (χ3n) is 17.1. The number of carbonyl (C=O) groups is 4. The van der Waals surface area contributed by atoms with Crippen molar-refractivity contribution in [2.75, 3.05) is 61.8 Å². The van der Waals surface area contributed by atoms with E-state index in [1.54, 1.807) is 42.2 Å². The first-order valence-electron chi connectivity index (χ1n) is 28.8. The number of amides is 3. The van der Waals surface area contributed by atoms with Gasteiger partial charge in [0.1, 0.15) is 34.2 Å². The molecule has 0 saturated heterocycles. The van der Waals surface area contributed by atoms with Gasteiger partial charge in [0, 0.05) is 101 Å². The van der Waals surface area contributed by atoms with E-state index in [0.717, 1.165) is 113 Å². The average Bonchev–Trinajstić information content (AvgIpc) is 3.69. The van der Waals surface area contributed by atoms with Crippen molar-refractivity contribution in [3.8, 4) is 11.5 Å². The van der Waals surface area contributed by atoms with Gasteiger partial charge in [-0.3, -0.25) is 24.5 Å². The van der Waals surface area contributed by atoms with Gasteiger partial charge in [0.2, 0.25) is 5.91 Å². The molecule has 85 heavy (non-hydrogen) atoms. The molecular weight excluding hydrogens is 1070 g/mol. The predicted octanol–water partition coefficient (Wildman–Crippen LogP) is 12.3. The number of nitrogens with zero attached hydrogens (tertiary/aromatic N) is 4. The van der Waals surface area contributed by atoms with Gasteiger partial charge >= 0.3 is 5.97 Å². The Morgan fingerprint density at radius 2 is 1.00 bits per heavy atom. The van der Waals surface area contributed by atoms with Gasteiger partial charge in [0.15, 0.2) is 0 Å². The van der Waals surface area contributed by atoms with E-state index in [1.165, 1.54) is 12.1 Å². The van der Waals surface area contributed by atoms with Crippen molar-refractivity contribution >= 4 is 79.1 Å². The van der Waals surface area contributed by atoms with Crippen LogP contribution in [0.15, 0.2) is 158 Å². The second kappa shape index (κ2) is 22.6. The molecule has 0 saturated carbocycles. The summed E-state index contributed by atoms with van der Waals surface area (Å²) in [6, 6.07) is 49.6. The summed E-state index contributed by atoms with van der Waals surface area (Å²) in [5, 5.41) is 13.7. The Hall–Kier alpha value is -10.0. The van der Waals surface area contributed by atoms with Gasteiger partial charge in [-0.05, 0) is 150 Å². The fraction of sp³-hybridized carbons (Fsp3) is 0.235. The number of benzene rings is 7. The Kier molecular flexibility index (Phi) is 14.4. The van der Waals surface area contributed by atoms with E-state index in [4.69, 9.17) is 18.9 Å². The zero-order valence-corrected chi connectivity index (χ0v) is 47.1. The Morgan fingerprint density at radius 1 is 0.529 bits per heavy atom. The molecular formula is C68H61N7O10. The van der Waals surface area contributed by atoms with Gasteiger partial charge in [-0.1, -0.05) is 73.2 Å². The molecule has 10 aromatic rings. The van der Waals surface area contributed by atoms with Crippen LogP contribution in [0.5, 0.6) is 11.5 Å². The summed E-state index contributed by atoms with van der Waals surface area (Å²) < 4.78 is 23.6. The van der Waals surface area contributed by atoms with Crippen LogP contribution in [0.3, 0.4) is 0 Å². The van der Waals surface area contributed by atoms with Crippen molar-refractivity contribution in [2.45, 2.75) is 57.0 Å². The Morgan fingerprint density at radius 3 is 1.51 bits per heavy atom. The highest BCUT2D eigenvalue weighted by Gasteiger charge is 2.38. The molecule has 3 aliphatic rings. The van der Waals surface area contributed by atoms with Crippen molar-refractivity contribution in [3.05, 3.63) is 224 Å². The molecule has 0 aliphatic carbocycles. The number of hydrogen-bond donors (Lipinski definition) is 3. The minimum atomic E-state index is -0.907. The number of ether oxygens (including phenoxy) is 4. The fourth-order valence-corrected chi connectivity index (χ4v) is 12.8. The molecule has 0 bridgehead atoms. The fourth-order valence-electron chi connectivity index (χ4n) is 12.8. The van der Waals surface area contributed by atoms with Crippen LogP contribution in [-0.4, -0.2) is 90.6 Å². The number of aromatic amines is 3. The third kappa shape index (κ3) is 9.99. The van der Waals surface area contributed by atoms with Crippen molar-refractivity contribution in [1.29, 1.82) is 0 Å². The first kappa shape index (κ1) is 54.3. The highest BCUT2D eigenvalue weighted by atomic mass is 16.6. The number of H-pyrrole nitrogens is 3. The number of hydrogen-bond acceptors (Lipinski definition) is 10. The van der Waals surface area contributed by atoms with E-state index in [-0.39, 0.29) is 30.0 Å². The molecule has 0 atom stereocenters. The summed E-state index contributed by atoms with van der Waals surface area (Å²) in [6.07, 6.45) is 4.96. The lowest BCUT2D eigenvalue weighted by atomic mass is 9.80. The lowest BCUT2D eigenvalue weighted by molar-refractivity contribution is -0.384. The number of fused-ring (bicyclic) bond motifs is 9. The number of carbonyl (C=O) groups excluding carboxylic acids is 4. The van der Waals surface area contributed by atoms with Crippen LogP contribution in [-0.2, 0) is 45.6 Å². The molecule has 0 fully saturated rings. The second-order valence-corrected chi connectivity index (χ2v) is 21.8. The lowest BCUT2D eigenvalue weighted by Crippen LogP contribution is -2.33. The molecule has 0 radical (unpaired) electrons. The van der Waals surface area contributed by atoms with Crippen LogP contribution in [0.2, 0.25) is 0 Å². The van der Waals surface area contributed by atoms with Crippen LogP contribution >= 0.6 is 0 Å². The predicted molar refractivity (Wildman–Crippen MR) is 326 cm³/mol. The monoisotopic (exact) mass is 1140 g/mol. The van der Waals surface area contributed by atoms with E-state index in [9.17, 15) is 29.3 Å². The SMILES string of the molecule is COc1ccc(C(OCCCCCC(=O)N2CCc3c2ccc2[nH]c(C(=O)N4CCc5c4ccc4[nH]c(C(=O)N6CCc7c6ccc6[nH]c(C(=O)OCCc8ccc([N+](=O)[O-])cc8)cc76)cc54)cc32)(c2ccccc2)c2ccc(OC)cc2)cc1. The quantitative estimate of drug-likeness (QED) is 0.0230. The summed E-state index contributed by atoms with van der Waals surface area (Å²) in [5.41, 5.74) is 11.9. The summed E-state index contributed by atoms with van der Waals surface area (Å²) in [6.45, 7) is 2.07. The van der Waals surface area contributed by atoms with E-state index >= 15 is 0 Å². The summed E-state index contributed by atoms with van der Waals surface area (Å²) in [5.74, 6) is 0.741. The molecule has 13 rings (SSSR count). The topological polar surface area (TPSA) is 205 Å². The first-order valence-corrected chi connectivity index (χ1v) is 28.8. The van der Waals surface area contributed by atoms with Crippen LogP contribution in [0.4, 0.5) is 22.7 Å². The number of nitro groups is 1. The number of esters is 1. The maximum atomic E-state index is 14.5. The Balaban J connectivity index is 0.642. The number of aromatic nitrogens is 3. The molecule has 17 nitrogen and oxygen atoms in total. The molecule has 3 aromatic heterocycles. The van der Waals surface area contributed by atoms with Crippen molar-refractivity contribution in [2.24, 2.45) is 0 Å². The smallest absolute Gasteiger partial charge is 0.354 e. The molecule has 17 heteroatoms. The highest BCUT2D eigenvalue weighted by Crippen LogP contribution is 2.44. The molecule has 428 valence electrons. The largest absolute Gasteiger partial charge is 0.497 e. The highest BCUT2D eigenvalue weighted by molar-refractivity contribution is 6.14. The van der Waals surface area contributed by atoms with Gasteiger partial charge < -0.3 is 48.6 Å². The first-order chi connectivity index (χ1) is 41.5. The van der Waals surface area contributed by atoms with Crippen LogP contribution in [0.1, 0.15) is 96.1 Å². The molecule has 0 spiro atoms. The molecule has 0 unspecified atom stereocenters. The number of methoxy groups -OCH3 is 2. The second-order valence-electron chi connectivity index (χ2n) is 21.8. The van der Waals surface area contributed by atoms with E-state index in [1.807, 2.05) is 95.9 Å². The Labute approximate surface area is 489 Å². The number of anilines is 3. The van der Waals surface area contributed by atoms with Crippen molar-refractivity contribution in [1.82, 2.24) is 15.0 Å². The molecule has 3 amide bonds. The molecule has 3 aliphatic heterocycles. The number of non-ortho nitro benzene ring substituents is 1. The van der Waals surface area contributed by atoms with Crippen molar-refractivity contribution in [3.63, 3.8) is 0 Å². The lowest BCUT2D eigenvalue weighted by Gasteiger charge is -2.36. The Bertz CT molecular complexity index is 4180. The minimum Gasteiger partial charge on any atom is -0.497 e. The third-order valence-corrected chi connectivity index (χ3v) is 17.1. The van der Waals surface area contributed by atoms with Crippen LogP contribution < -0.4 is 24.2 Å². The molecule has 6 heterocycles. The van der Waals surface area contributed by atoms with E-state index in [0.29, 0.717) is 81.8 Å². The van der Waals surface area contributed by atoms with Gasteiger partial charge in [-0.15, -0.1) is 0 Å². The van der Waals surface area contributed by atoms with Gasteiger partial charge in [0.25, 0.3) is 17.5 Å². The maximum Gasteiger partial charge on any atom is 0.354 e. The summed E-state index contributed by atoms with van der Waals surface area (Å²) in [4.78, 5) is 81.8. The van der Waals surface area contributed by atoms with Crippen LogP contribution in [0.25, 0.3) is 32.7 Å². The van der Waals surface area contributed by atoms with E-state index in [2.05, 4.69) is 51.4 Å². The van der Waals surface area contributed by atoms with Gasteiger partial charge in [0.05, 0.1) is 25.7 Å². The average molecular weight is 1140 g/mol. The van der Waals surface area contributed by atoms with Crippen molar-refractivity contribution < 1.29 is 43.0 Å². The van der Waals surface area contributed by atoms with E-state index < -0.39 is 16.5 Å². The number of unbranched alkanes of at least 4 members (excludes halogenated alkanes) is 2. The van der Waals surface area contributed by atoms with Gasteiger partial charge in [-0.25, -0.2) is 4.79 Å². The number of rotatable bonds is 19. The number of nitrogens with one attached hydrogen (secondary N) is 3. The zero-order chi connectivity index (χ0) is 58.3. The summed E-state index contributed by atoms with van der Waals surface area (Å²) >= 11 is 0. The normalized spacial score (nSPS) is 13.6. The summed E-state index contributed by atoms with van der Waals surface area (Å²) in [7, 11) is 3.31.